The lowest BCUT2D eigenvalue weighted by Crippen LogP contribution is -2.51. The SMILES string of the molecule is CC(C)(C)OC(=O)N[C@H]1CS(=O)(=O)c2cc(F)c(B(O)O)cc2N(Cc2ccc(-c3ccc(C(F)(F)F)cn3)cc2)C1=O. The number of carbonyl (C=O) groups is 2. The van der Waals surface area contributed by atoms with Crippen molar-refractivity contribution in [2.45, 2.75) is 50.0 Å². The number of hydrogen-bond acceptors (Lipinski definition) is 8. The van der Waals surface area contributed by atoms with Crippen LogP contribution < -0.4 is 15.7 Å². The van der Waals surface area contributed by atoms with Crippen LogP contribution in [0.5, 0.6) is 0 Å². The van der Waals surface area contributed by atoms with E-state index in [0.717, 1.165) is 17.0 Å². The fourth-order valence-corrected chi connectivity index (χ4v) is 5.93. The summed E-state index contributed by atoms with van der Waals surface area (Å²) in [6.45, 7) is 4.37. The van der Waals surface area contributed by atoms with Gasteiger partial charge in [-0.3, -0.25) is 9.78 Å². The molecule has 3 N–H and O–H groups in total. The van der Waals surface area contributed by atoms with Gasteiger partial charge in [0.2, 0.25) is 0 Å². The Hall–Kier alpha value is -4.02. The number of anilines is 1. The summed E-state index contributed by atoms with van der Waals surface area (Å²) < 4.78 is 85.1. The van der Waals surface area contributed by atoms with Gasteiger partial charge in [0, 0.05) is 17.2 Å². The second-order valence-electron chi connectivity index (χ2n) is 10.7. The lowest BCUT2D eigenvalue weighted by molar-refractivity contribution is -0.137. The molecule has 1 atom stereocenters. The molecule has 1 aliphatic rings. The number of pyridine rings is 1. The second-order valence-corrected chi connectivity index (χ2v) is 12.7. The molecule has 0 saturated heterocycles. The summed E-state index contributed by atoms with van der Waals surface area (Å²) in [5, 5.41) is 21.6. The van der Waals surface area contributed by atoms with E-state index in [9.17, 15) is 45.6 Å². The number of alkyl halides is 3. The van der Waals surface area contributed by atoms with Crippen LogP contribution in [-0.2, 0) is 32.1 Å². The number of halogens is 4. The standard InChI is InChI=1S/C27H26BF4N3O7S/c1-26(2,3)42-25(37)34-21-14-43(40,41)23-11-19(29)18(28(38)39)10-22(23)35(24(21)36)13-15-4-6-16(7-5-15)20-9-8-17(12-33-20)27(30,31)32/h4-12,21,38-39H,13-14H2,1-3H3,(H,34,37)/t21-/m0/s1. The van der Waals surface area contributed by atoms with Crippen molar-refractivity contribution < 1.29 is 50.4 Å². The highest BCUT2D eigenvalue weighted by Gasteiger charge is 2.40. The smallest absolute Gasteiger partial charge is 0.444 e. The van der Waals surface area contributed by atoms with Crippen molar-refractivity contribution in [3.05, 3.63) is 71.7 Å². The quantitative estimate of drug-likeness (QED) is 0.291. The van der Waals surface area contributed by atoms with Crippen molar-refractivity contribution in [2.75, 3.05) is 10.7 Å². The van der Waals surface area contributed by atoms with E-state index >= 15 is 0 Å². The van der Waals surface area contributed by atoms with Crippen LogP contribution in [0, 0.1) is 5.82 Å². The summed E-state index contributed by atoms with van der Waals surface area (Å²) in [6.07, 6.45) is -4.93. The molecule has 2 aromatic carbocycles. The Morgan fingerprint density at radius 3 is 2.30 bits per heavy atom. The van der Waals surface area contributed by atoms with Gasteiger partial charge in [0.25, 0.3) is 5.91 Å². The molecule has 0 unspecified atom stereocenters. The van der Waals surface area contributed by atoms with Gasteiger partial charge in [0.1, 0.15) is 17.5 Å². The lowest BCUT2D eigenvalue weighted by atomic mass is 9.79. The zero-order chi connectivity index (χ0) is 31.9. The Morgan fingerprint density at radius 2 is 1.77 bits per heavy atom. The van der Waals surface area contributed by atoms with Crippen LogP contribution in [0.1, 0.15) is 31.9 Å². The summed E-state index contributed by atoms with van der Waals surface area (Å²) in [5.41, 5.74) is -1.84. The number of amides is 2. The third kappa shape index (κ3) is 7.32. The first-order valence-corrected chi connectivity index (χ1v) is 14.4. The van der Waals surface area contributed by atoms with Crippen LogP contribution in [0.3, 0.4) is 0 Å². The van der Waals surface area contributed by atoms with Gasteiger partial charge in [-0.05, 0) is 50.6 Å². The Kier molecular flexibility index (Phi) is 8.59. The highest BCUT2D eigenvalue weighted by molar-refractivity contribution is 7.91. The van der Waals surface area contributed by atoms with Crippen molar-refractivity contribution in [1.29, 1.82) is 0 Å². The monoisotopic (exact) mass is 623 g/mol. The Balaban J connectivity index is 1.73. The minimum absolute atomic E-state index is 0.237. The zero-order valence-electron chi connectivity index (χ0n) is 23.0. The minimum atomic E-state index is -4.55. The number of aromatic nitrogens is 1. The number of alkyl carbamates (subject to hydrolysis) is 1. The van der Waals surface area contributed by atoms with Crippen LogP contribution in [0.4, 0.5) is 28.0 Å². The molecular formula is C27H26BF4N3O7S. The number of nitrogens with one attached hydrogen (secondary N) is 1. The first kappa shape index (κ1) is 31.9. The maximum absolute atomic E-state index is 14.7. The van der Waals surface area contributed by atoms with Crippen LogP contribution in [0.2, 0.25) is 0 Å². The molecule has 16 heteroatoms. The zero-order valence-corrected chi connectivity index (χ0v) is 23.8. The molecule has 0 bridgehead atoms. The summed E-state index contributed by atoms with van der Waals surface area (Å²) in [4.78, 5) is 30.4. The molecule has 0 fully saturated rings. The van der Waals surface area contributed by atoms with Crippen molar-refractivity contribution in [1.82, 2.24) is 10.3 Å². The Labute approximate surface area is 244 Å². The molecule has 43 heavy (non-hydrogen) atoms. The summed E-state index contributed by atoms with van der Waals surface area (Å²) in [7, 11) is -6.76. The molecule has 0 spiro atoms. The number of fused-ring (bicyclic) bond motifs is 1. The van der Waals surface area contributed by atoms with E-state index < -0.39 is 74.3 Å². The maximum atomic E-state index is 14.7. The molecule has 0 saturated carbocycles. The molecule has 3 aromatic rings. The van der Waals surface area contributed by atoms with Gasteiger partial charge in [0.05, 0.1) is 34.1 Å². The first-order valence-electron chi connectivity index (χ1n) is 12.7. The van der Waals surface area contributed by atoms with Crippen molar-refractivity contribution in [3.8, 4) is 11.3 Å². The van der Waals surface area contributed by atoms with E-state index in [1.54, 1.807) is 20.8 Å². The van der Waals surface area contributed by atoms with Crippen molar-refractivity contribution in [3.63, 3.8) is 0 Å². The largest absolute Gasteiger partial charge is 0.491 e. The van der Waals surface area contributed by atoms with Crippen molar-refractivity contribution in [2.24, 2.45) is 0 Å². The van der Waals surface area contributed by atoms with Crippen LogP contribution in [0.15, 0.2) is 59.6 Å². The maximum Gasteiger partial charge on any atom is 0.491 e. The fraction of sp³-hybridized carbons (Fsp3) is 0.296. The normalized spacial score (nSPS) is 16.7. The molecule has 10 nitrogen and oxygen atoms in total. The topological polar surface area (TPSA) is 146 Å². The van der Waals surface area contributed by atoms with Gasteiger partial charge in [-0.25, -0.2) is 17.6 Å². The van der Waals surface area contributed by atoms with E-state index in [1.165, 1.54) is 30.3 Å². The van der Waals surface area contributed by atoms with E-state index in [0.29, 0.717) is 23.4 Å². The minimum Gasteiger partial charge on any atom is -0.444 e. The first-order chi connectivity index (χ1) is 19.9. The number of rotatable bonds is 5. The van der Waals surface area contributed by atoms with E-state index in [2.05, 4.69) is 10.3 Å². The van der Waals surface area contributed by atoms with E-state index in [-0.39, 0.29) is 17.9 Å². The number of ether oxygens (including phenoxy) is 1. The summed E-state index contributed by atoms with van der Waals surface area (Å²) >= 11 is 0. The van der Waals surface area contributed by atoms with Gasteiger partial charge in [0.15, 0.2) is 9.84 Å². The van der Waals surface area contributed by atoms with E-state index in [4.69, 9.17) is 4.74 Å². The van der Waals surface area contributed by atoms with Crippen LogP contribution in [-0.4, -0.2) is 60.0 Å². The number of sulfone groups is 1. The number of benzene rings is 2. The predicted octanol–water partition coefficient (Wildman–Crippen LogP) is 2.80. The second kappa shape index (κ2) is 11.6. The van der Waals surface area contributed by atoms with Crippen LogP contribution >= 0.6 is 0 Å². The molecule has 1 aliphatic heterocycles. The van der Waals surface area contributed by atoms with Gasteiger partial charge in [-0.2, -0.15) is 13.2 Å². The number of carbonyl (C=O) groups excluding carboxylic acids is 2. The molecule has 2 amide bonds. The van der Waals surface area contributed by atoms with E-state index in [1.807, 2.05) is 0 Å². The summed E-state index contributed by atoms with van der Waals surface area (Å²) in [6, 6.07) is 7.91. The highest BCUT2D eigenvalue weighted by atomic mass is 32.2. The fourth-order valence-electron chi connectivity index (χ4n) is 4.32. The molecule has 2 heterocycles. The molecule has 0 radical (unpaired) electrons. The summed E-state index contributed by atoms with van der Waals surface area (Å²) in [5.74, 6) is -3.09. The third-order valence-corrected chi connectivity index (χ3v) is 8.07. The number of hydrogen-bond donors (Lipinski definition) is 3. The Bertz CT molecular complexity index is 1640. The number of nitrogens with zero attached hydrogens (tertiary/aromatic N) is 2. The average Bonchev–Trinajstić information content (AvgIpc) is 2.96. The van der Waals surface area contributed by atoms with Crippen molar-refractivity contribution >= 4 is 40.1 Å². The van der Waals surface area contributed by atoms with Gasteiger partial charge < -0.3 is 25.0 Å². The average molecular weight is 623 g/mol. The molecule has 4 rings (SSSR count). The molecule has 0 aliphatic carbocycles. The van der Waals surface area contributed by atoms with Gasteiger partial charge in [-0.1, -0.05) is 24.3 Å². The van der Waals surface area contributed by atoms with Gasteiger partial charge >= 0.3 is 19.4 Å². The lowest BCUT2D eigenvalue weighted by Gasteiger charge is -2.27. The molecular weight excluding hydrogens is 597 g/mol. The predicted molar refractivity (Wildman–Crippen MR) is 147 cm³/mol. The highest BCUT2D eigenvalue weighted by Crippen LogP contribution is 2.33. The third-order valence-electron chi connectivity index (χ3n) is 6.30. The molecule has 1 aromatic heterocycles. The van der Waals surface area contributed by atoms with Gasteiger partial charge in [-0.15, -0.1) is 0 Å². The molecule has 228 valence electrons. The van der Waals surface area contributed by atoms with Crippen LogP contribution in [0.25, 0.3) is 11.3 Å². The Morgan fingerprint density at radius 1 is 1.12 bits per heavy atom.